The fraction of sp³-hybridized carbons (Fsp3) is 0.636. The molecule has 72 valence electrons. The number of ketones is 2. The number of carbonyl (C=O) groups is 2. The van der Waals surface area contributed by atoms with Crippen molar-refractivity contribution in [2.45, 2.75) is 18.6 Å². The Morgan fingerprint density at radius 2 is 1.50 bits per heavy atom. The molecule has 1 heterocycles. The van der Waals surface area contributed by atoms with Gasteiger partial charge in [0, 0.05) is 11.8 Å². The smallest absolute Gasteiger partial charge is 0.169 e. The maximum Gasteiger partial charge on any atom is 0.169 e. The Bertz CT molecular complexity index is 350. The molecule has 0 aromatic carbocycles. The molecule has 0 N–H and O–H groups in total. The van der Waals surface area contributed by atoms with Crippen LogP contribution >= 0.6 is 0 Å². The van der Waals surface area contributed by atoms with E-state index in [1.54, 1.807) is 0 Å². The molecule has 1 saturated heterocycles. The predicted octanol–water partition coefficient (Wildman–Crippen LogP) is 0.344. The zero-order chi connectivity index (χ0) is 9.45. The highest BCUT2D eigenvalue weighted by Crippen LogP contribution is 2.54. The third kappa shape index (κ3) is 0.630. The van der Waals surface area contributed by atoms with E-state index in [9.17, 15) is 9.59 Å². The summed E-state index contributed by atoms with van der Waals surface area (Å²) in [7, 11) is 0. The van der Waals surface area contributed by atoms with E-state index in [1.807, 2.05) is 0 Å². The van der Waals surface area contributed by atoms with Crippen LogP contribution in [0.1, 0.15) is 6.42 Å². The van der Waals surface area contributed by atoms with E-state index in [4.69, 9.17) is 4.74 Å². The largest absolute Gasteiger partial charge is 0.353 e. The summed E-state index contributed by atoms with van der Waals surface area (Å²) < 4.78 is 5.14. The standard InChI is InChI=1S/C11H10O3/c12-8-6-4-1-2-5(3-4)7(6)9(13)11-10(8)14-11/h1-2,4-7,10-11H,3H2/t4-,5-,6-,7+,10+,11-/m0/s1. The quantitative estimate of drug-likeness (QED) is 0.409. The van der Waals surface area contributed by atoms with Gasteiger partial charge in [-0.3, -0.25) is 9.59 Å². The summed E-state index contributed by atoms with van der Waals surface area (Å²) >= 11 is 0. The summed E-state index contributed by atoms with van der Waals surface area (Å²) in [5.41, 5.74) is 0. The zero-order valence-electron chi connectivity index (χ0n) is 7.55. The molecule has 3 aliphatic carbocycles. The van der Waals surface area contributed by atoms with Gasteiger partial charge >= 0.3 is 0 Å². The van der Waals surface area contributed by atoms with Gasteiger partial charge in [0.15, 0.2) is 23.8 Å². The van der Waals surface area contributed by atoms with Crippen LogP contribution in [-0.2, 0) is 14.3 Å². The van der Waals surface area contributed by atoms with Crippen molar-refractivity contribution in [1.29, 1.82) is 0 Å². The number of fused-ring (bicyclic) bond motifs is 6. The zero-order valence-corrected chi connectivity index (χ0v) is 7.55. The molecule has 4 aliphatic rings. The molecule has 6 atom stereocenters. The third-order valence-corrected chi connectivity index (χ3v) is 4.17. The molecule has 3 nitrogen and oxygen atoms in total. The van der Waals surface area contributed by atoms with Crippen LogP contribution in [0.3, 0.4) is 0 Å². The Balaban J connectivity index is 1.84. The van der Waals surface area contributed by atoms with E-state index >= 15 is 0 Å². The third-order valence-electron chi connectivity index (χ3n) is 4.17. The van der Waals surface area contributed by atoms with E-state index in [0.29, 0.717) is 11.8 Å². The molecule has 3 heteroatoms. The van der Waals surface area contributed by atoms with Crippen molar-refractivity contribution in [2.24, 2.45) is 23.7 Å². The first kappa shape index (κ1) is 7.35. The summed E-state index contributed by atoms with van der Waals surface area (Å²) in [6.45, 7) is 0. The minimum absolute atomic E-state index is 0.0405. The average Bonchev–Trinajstić information content (AvgIpc) is 2.74. The van der Waals surface area contributed by atoms with Crippen molar-refractivity contribution in [1.82, 2.24) is 0 Å². The van der Waals surface area contributed by atoms with Gasteiger partial charge in [0.25, 0.3) is 0 Å². The van der Waals surface area contributed by atoms with Crippen LogP contribution in [0.25, 0.3) is 0 Å². The molecule has 0 aromatic rings. The molecule has 0 aromatic heterocycles. The highest BCUT2D eigenvalue weighted by Gasteiger charge is 2.66. The molecule has 0 unspecified atom stereocenters. The van der Waals surface area contributed by atoms with Gasteiger partial charge in [0.1, 0.15) is 0 Å². The number of hydrogen-bond acceptors (Lipinski definition) is 3. The molecule has 0 spiro atoms. The van der Waals surface area contributed by atoms with Gasteiger partial charge in [-0.15, -0.1) is 0 Å². The topological polar surface area (TPSA) is 46.7 Å². The van der Waals surface area contributed by atoms with Crippen LogP contribution in [-0.4, -0.2) is 23.8 Å². The summed E-state index contributed by atoms with van der Waals surface area (Å²) in [6, 6.07) is 0. The average molecular weight is 190 g/mol. The number of hydrogen-bond donors (Lipinski definition) is 0. The highest BCUT2D eigenvalue weighted by atomic mass is 16.6. The van der Waals surface area contributed by atoms with Crippen molar-refractivity contribution in [3.8, 4) is 0 Å². The first-order valence-electron chi connectivity index (χ1n) is 5.18. The normalized spacial score (nSPS) is 57.4. The molecule has 0 radical (unpaired) electrons. The van der Waals surface area contributed by atoms with Crippen molar-refractivity contribution < 1.29 is 14.3 Å². The van der Waals surface area contributed by atoms with Crippen LogP contribution in [0.2, 0.25) is 0 Å². The first-order valence-corrected chi connectivity index (χ1v) is 5.18. The van der Waals surface area contributed by atoms with Gasteiger partial charge in [0.05, 0.1) is 0 Å². The molecular weight excluding hydrogens is 180 g/mol. The molecule has 0 amide bonds. The van der Waals surface area contributed by atoms with Gasteiger partial charge in [-0.1, -0.05) is 12.2 Å². The fourth-order valence-corrected chi connectivity index (χ4v) is 3.52. The van der Waals surface area contributed by atoms with Gasteiger partial charge in [-0.2, -0.15) is 0 Å². The second-order valence-corrected chi connectivity index (χ2v) is 4.78. The van der Waals surface area contributed by atoms with Crippen LogP contribution < -0.4 is 0 Å². The van der Waals surface area contributed by atoms with Gasteiger partial charge in [-0.25, -0.2) is 0 Å². The molecule has 2 saturated carbocycles. The molecular formula is C11H10O3. The number of epoxide rings is 1. The fourth-order valence-electron chi connectivity index (χ4n) is 3.52. The maximum atomic E-state index is 11.9. The van der Waals surface area contributed by atoms with Crippen molar-refractivity contribution in [3.05, 3.63) is 12.2 Å². The van der Waals surface area contributed by atoms with Gasteiger partial charge < -0.3 is 4.74 Å². The lowest BCUT2D eigenvalue weighted by Gasteiger charge is -2.27. The monoisotopic (exact) mass is 190 g/mol. The second kappa shape index (κ2) is 2.01. The second-order valence-electron chi connectivity index (χ2n) is 4.78. The summed E-state index contributed by atoms with van der Waals surface area (Å²) in [6.07, 6.45) is 4.50. The van der Waals surface area contributed by atoms with E-state index < -0.39 is 0 Å². The van der Waals surface area contributed by atoms with Gasteiger partial charge in [-0.05, 0) is 18.3 Å². The van der Waals surface area contributed by atoms with E-state index in [2.05, 4.69) is 12.2 Å². The van der Waals surface area contributed by atoms with Crippen LogP contribution in [0, 0.1) is 23.7 Å². The molecule has 1 aliphatic heterocycles. The number of Topliss-reactive ketones (excluding diaryl/α,β-unsaturated/α-hetero) is 2. The van der Waals surface area contributed by atoms with Crippen LogP contribution in [0.5, 0.6) is 0 Å². The lowest BCUT2D eigenvalue weighted by molar-refractivity contribution is -0.135. The Morgan fingerprint density at radius 1 is 1.00 bits per heavy atom. The molecule has 2 bridgehead atoms. The SMILES string of the molecule is O=C1[C@@H]2[C@H](C(=O)[C@@H]3O[C@H]13)[C@H]1C=C[C@H]2C1. The summed E-state index contributed by atoms with van der Waals surface area (Å²) in [4.78, 5) is 23.7. The molecule has 3 fully saturated rings. The molecule has 4 rings (SSSR count). The Morgan fingerprint density at radius 3 is 2.00 bits per heavy atom. The van der Waals surface area contributed by atoms with E-state index in [0.717, 1.165) is 6.42 Å². The summed E-state index contributed by atoms with van der Waals surface area (Å²) in [5.74, 6) is 0.952. The summed E-state index contributed by atoms with van der Waals surface area (Å²) in [5, 5.41) is 0. The lowest BCUT2D eigenvalue weighted by atomic mass is 9.72. The van der Waals surface area contributed by atoms with Crippen LogP contribution in [0.4, 0.5) is 0 Å². The number of ether oxygens (including phenoxy) is 1. The Kier molecular flexibility index (Phi) is 1.05. The number of rotatable bonds is 0. The highest BCUT2D eigenvalue weighted by molar-refractivity contribution is 6.06. The van der Waals surface area contributed by atoms with Crippen LogP contribution in [0.15, 0.2) is 12.2 Å². The minimum Gasteiger partial charge on any atom is -0.353 e. The maximum absolute atomic E-state index is 11.9. The number of carbonyl (C=O) groups excluding carboxylic acids is 2. The van der Waals surface area contributed by atoms with Gasteiger partial charge in [0.2, 0.25) is 0 Å². The van der Waals surface area contributed by atoms with Crippen molar-refractivity contribution >= 4 is 11.6 Å². The lowest BCUT2D eigenvalue weighted by Crippen LogP contribution is -2.43. The van der Waals surface area contributed by atoms with E-state index in [1.165, 1.54) is 0 Å². The predicted molar refractivity (Wildman–Crippen MR) is 46.4 cm³/mol. The Hall–Kier alpha value is -0.960. The minimum atomic E-state index is -0.364. The van der Waals surface area contributed by atoms with E-state index in [-0.39, 0.29) is 35.6 Å². The molecule has 14 heavy (non-hydrogen) atoms. The first-order chi connectivity index (χ1) is 6.77. The van der Waals surface area contributed by atoms with Crippen molar-refractivity contribution in [3.63, 3.8) is 0 Å². The Labute approximate surface area is 81.1 Å². The van der Waals surface area contributed by atoms with Crippen molar-refractivity contribution in [2.75, 3.05) is 0 Å². The number of allylic oxidation sites excluding steroid dienone is 2.